The predicted molar refractivity (Wildman–Crippen MR) is 70.4 cm³/mol. The van der Waals surface area contributed by atoms with Crippen LogP contribution in [-0.2, 0) is 0 Å². The lowest BCUT2D eigenvalue weighted by atomic mass is 9.99. The van der Waals surface area contributed by atoms with E-state index in [0.717, 1.165) is 25.7 Å². The maximum absolute atomic E-state index is 13.7. The van der Waals surface area contributed by atoms with Crippen molar-refractivity contribution in [1.29, 1.82) is 0 Å². The Balaban J connectivity index is 2.30. The van der Waals surface area contributed by atoms with E-state index in [1.165, 1.54) is 0 Å². The van der Waals surface area contributed by atoms with E-state index in [4.69, 9.17) is 5.11 Å². The highest BCUT2D eigenvalue weighted by Gasteiger charge is 2.35. The Hall–Kier alpha value is -1.24. The van der Waals surface area contributed by atoms with Crippen molar-refractivity contribution < 1.29 is 23.1 Å². The molecule has 0 radical (unpaired) electrons. The molecule has 0 spiro atoms. The second-order valence-corrected chi connectivity index (χ2v) is 5.52. The third kappa shape index (κ3) is 2.63. The van der Waals surface area contributed by atoms with Crippen LogP contribution >= 0.6 is 15.9 Å². The van der Waals surface area contributed by atoms with Gasteiger partial charge in [-0.25, -0.2) is 8.78 Å². The van der Waals surface area contributed by atoms with E-state index < -0.39 is 40.2 Å². The Morgan fingerprint density at radius 1 is 1.30 bits per heavy atom. The fourth-order valence-corrected chi connectivity index (χ4v) is 3.11. The minimum absolute atomic E-state index is 0.455. The Kier molecular flexibility index (Phi) is 4.27. The standard InChI is InChI=1S/C13H13BrF3NO2/c14-6-13(3-1-2-4-13)18-12(20)7-5-8(15)10(17)11(19)9(7)16/h5,19H,1-4,6H2,(H,18,20). The van der Waals surface area contributed by atoms with Gasteiger partial charge in [-0.3, -0.25) is 4.79 Å². The van der Waals surface area contributed by atoms with Crippen LogP contribution in [0.15, 0.2) is 6.07 Å². The number of phenolic OH excluding ortho intramolecular Hbond substituents is 1. The van der Waals surface area contributed by atoms with E-state index in [0.29, 0.717) is 11.4 Å². The normalized spacial score (nSPS) is 17.2. The first-order chi connectivity index (χ1) is 9.40. The van der Waals surface area contributed by atoms with Crippen molar-refractivity contribution in [2.45, 2.75) is 31.2 Å². The van der Waals surface area contributed by atoms with Gasteiger partial charge in [-0.15, -0.1) is 0 Å². The third-order valence-electron chi connectivity index (χ3n) is 3.57. The molecule has 7 heteroatoms. The second-order valence-electron chi connectivity index (χ2n) is 4.96. The van der Waals surface area contributed by atoms with Crippen LogP contribution in [-0.4, -0.2) is 21.9 Å². The lowest BCUT2D eigenvalue weighted by Crippen LogP contribution is -2.48. The predicted octanol–water partition coefficient (Wildman–Crippen LogP) is 3.25. The fourth-order valence-electron chi connectivity index (χ4n) is 2.41. The Bertz CT molecular complexity index is 545. The van der Waals surface area contributed by atoms with Crippen LogP contribution in [0.4, 0.5) is 13.2 Å². The Labute approximate surface area is 122 Å². The highest BCUT2D eigenvalue weighted by atomic mass is 79.9. The molecule has 1 amide bonds. The van der Waals surface area contributed by atoms with Crippen molar-refractivity contribution in [2.75, 3.05) is 5.33 Å². The largest absolute Gasteiger partial charge is 0.503 e. The number of hydrogen-bond donors (Lipinski definition) is 2. The summed E-state index contributed by atoms with van der Waals surface area (Å²) in [4.78, 5) is 12.0. The smallest absolute Gasteiger partial charge is 0.254 e. The Morgan fingerprint density at radius 3 is 2.45 bits per heavy atom. The molecule has 1 aliphatic rings. The summed E-state index contributed by atoms with van der Waals surface area (Å²) >= 11 is 3.30. The van der Waals surface area contributed by atoms with Crippen LogP contribution in [0.1, 0.15) is 36.0 Å². The van der Waals surface area contributed by atoms with Crippen LogP contribution in [0.25, 0.3) is 0 Å². The number of amides is 1. The van der Waals surface area contributed by atoms with Gasteiger partial charge in [-0.2, -0.15) is 4.39 Å². The molecule has 1 aliphatic carbocycles. The number of alkyl halides is 1. The number of rotatable bonds is 3. The molecule has 0 aromatic heterocycles. The van der Waals surface area contributed by atoms with Crippen molar-refractivity contribution >= 4 is 21.8 Å². The molecule has 0 bridgehead atoms. The molecule has 2 N–H and O–H groups in total. The molecule has 0 unspecified atom stereocenters. The molecule has 0 saturated heterocycles. The molecule has 20 heavy (non-hydrogen) atoms. The number of aromatic hydroxyl groups is 1. The molecule has 1 aromatic carbocycles. The molecule has 110 valence electrons. The number of hydrogen-bond acceptors (Lipinski definition) is 2. The van der Waals surface area contributed by atoms with E-state index in [9.17, 15) is 18.0 Å². The highest BCUT2D eigenvalue weighted by Crippen LogP contribution is 2.32. The van der Waals surface area contributed by atoms with Gasteiger partial charge in [0.25, 0.3) is 5.91 Å². The lowest BCUT2D eigenvalue weighted by Gasteiger charge is -2.28. The molecule has 1 aromatic rings. The van der Waals surface area contributed by atoms with Crippen molar-refractivity contribution in [3.05, 3.63) is 29.1 Å². The minimum Gasteiger partial charge on any atom is -0.503 e. The van der Waals surface area contributed by atoms with E-state index in [2.05, 4.69) is 21.2 Å². The number of phenols is 1. The average molecular weight is 352 g/mol. The van der Waals surface area contributed by atoms with Crippen molar-refractivity contribution in [3.63, 3.8) is 0 Å². The van der Waals surface area contributed by atoms with E-state index in [1.54, 1.807) is 0 Å². The monoisotopic (exact) mass is 351 g/mol. The zero-order chi connectivity index (χ0) is 14.9. The Morgan fingerprint density at radius 2 is 1.90 bits per heavy atom. The quantitative estimate of drug-likeness (QED) is 0.648. The van der Waals surface area contributed by atoms with Crippen LogP contribution in [0.2, 0.25) is 0 Å². The molecular formula is C13H13BrF3NO2. The summed E-state index contributed by atoms with van der Waals surface area (Å²) in [6.07, 6.45) is 3.30. The van der Waals surface area contributed by atoms with Gasteiger partial charge in [-0.05, 0) is 18.9 Å². The van der Waals surface area contributed by atoms with Crippen LogP contribution in [0.3, 0.4) is 0 Å². The van der Waals surface area contributed by atoms with Gasteiger partial charge < -0.3 is 10.4 Å². The molecular weight excluding hydrogens is 339 g/mol. The zero-order valence-corrected chi connectivity index (χ0v) is 12.1. The number of halogens is 4. The summed E-state index contributed by atoms with van der Waals surface area (Å²) in [5, 5.41) is 12.3. The van der Waals surface area contributed by atoms with Gasteiger partial charge in [0.15, 0.2) is 17.4 Å². The lowest BCUT2D eigenvalue weighted by molar-refractivity contribution is 0.0904. The molecule has 0 heterocycles. The maximum atomic E-state index is 13.7. The first-order valence-electron chi connectivity index (χ1n) is 6.15. The number of benzene rings is 1. The zero-order valence-electron chi connectivity index (χ0n) is 10.5. The molecule has 2 rings (SSSR count). The summed E-state index contributed by atoms with van der Waals surface area (Å²) in [6, 6.07) is 0.455. The van der Waals surface area contributed by atoms with Gasteiger partial charge in [0, 0.05) is 5.33 Å². The molecule has 0 atom stereocenters. The first-order valence-corrected chi connectivity index (χ1v) is 7.27. The summed E-state index contributed by atoms with van der Waals surface area (Å²) < 4.78 is 39.8. The summed E-state index contributed by atoms with van der Waals surface area (Å²) in [5.74, 6) is -6.96. The molecule has 0 aliphatic heterocycles. The number of carbonyl (C=O) groups excluding carboxylic acids is 1. The second kappa shape index (κ2) is 5.63. The van der Waals surface area contributed by atoms with Crippen molar-refractivity contribution in [1.82, 2.24) is 5.32 Å². The van der Waals surface area contributed by atoms with Gasteiger partial charge in [0.05, 0.1) is 11.1 Å². The number of nitrogens with one attached hydrogen (secondary N) is 1. The fraction of sp³-hybridized carbons (Fsp3) is 0.462. The van der Waals surface area contributed by atoms with Crippen molar-refractivity contribution in [3.8, 4) is 5.75 Å². The SMILES string of the molecule is O=C(NC1(CBr)CCCC1)c1cc(F)c(F)c(O)c1F. The summed E-state index contributed by atoms with van der Waals surface area (Å²) in [6.45, 7) is 0. The van der Waals surface area contributed by atoms with Crippen molar-refractivity contribution in [2.24, 2.45) is 0 Å². The van der Waals surface area contributed by atoms with E-state index in [-0.39, 0.29) is 0 Å². The third-order valence-corrected chi connectivity index (χ3v) is 4.65. The topological polar surface area (TPSA) is 49.3 Å². The van der Waals surface area contributed by atoms with Crippen LogP contribution < -0.4 is 5.32 Å². The molecule has 1 saturated carbocycles. The van der Waals surface area contributed by atoms with Gasteiger partial charge in [0.2, 0.25) is 5.82 Å². The maximum Gasteiger partial charge on any atom is 0.254 e. The van der Waals surface area contributed by atoms with E-state index in [1.807, 2.05) is 0 Å². The van der Waals surface area contributed by atoms with Crippen LogP contribution in [0.5, 0.6) is 5.75 Å². The van der Waals surface area contributed by atoms with E-state index >= 15 is 0 Å². The summed E-state index contributed by atoms with van der Waals surface area (Å²) in [7, 11) is 0. The van der Waals surface area contributed by atoms with Gasteiger partial charge in [0.1, 0.15) is 0 Å². The highest BCUT2D eigenvalue weighted by molar-refractivity contribution is 9.09. The molecule has 1 fully saturated rings. The minimum atomic E-state index is -1.70. The average Bonchev–Trinajstić information content (AvgIpc) is 2.89. The first kappa shape index (κ1) is 15.2. The number of carbonyl (C=O) groups is 1. The van der Waals surface area contributed by atoms with Gasteiger partial charge in [-0.1, -0.05) is 28.8 Å². The van der Waals surface area contributed by atoms with Crippen LogP contribution in [0, 0.1) is 17.5 Å². The molecule has 3 nitrogen and oxygen atoms in total. The van der Waals surface area contributed by atoms with Gasteiger partial charge >= 0.3 is 0 Å². The summed E-state index contributed by atoms with van der Waals surface area (Å²) in [5.41, 5.74) is -1.21.